The second kappa shape index (κ2) is 6.84. The molecule has 8 aliphatic rings. The lowest BCUT2D eigenvalue weighted by molar-refractivity contribution is -0.394. The van der Waals surface area contributed by atoms with Crippen molar-refractivity contribution in [2.24, 2.45) is 32.5 Å². The molecule has 0 aromatic carbocycles. The van der Waals surface area contributed by atoms with Crippen molar-refractivity contribution in [3.8, 4) is 0 Å². The maximum Gasteiger partial charge on any atom is 0.394 e. The van der Waals surface area contributed by atoms with E-state index in [0.29, 0.717) is 0 Å². The lowest BCUT2D eigenvalue weighted by Gasteiger charge is -2.79. The fraction of sp³-hybridized carbons (Fsp3) is 1.00. The molecule has 0 heterocycles. The Hall–Kier alpha value is 0.120. The van der Waals surface area contributed by atoms with Crippen molar-refractivity contribution in [2.45, 2.75) is 110 Å². The Bertz CT molecular complexity index is 924. The van der Waals surface area contributed by atoms with Gasteiger partial charge in [-0.05, 0) is 87.9 Å². The molecule has 4 atom stereocenters. The van der Waals surface area contributed by atoms with E-state index in [2.05, 4.69) is 31.9 Å². The van der Waals surface area contributed by atoms with Crippen molar-refractivity contribution >= 4 is 31.9 Å². The van der Waals surface area contributed by atoms with Crippen LogP contribution in [-0.2, 0) is 0 Å². The van der Waals surface area contributed by atoms with Crippen LogP contribution >= 0.6 is 31.9 Å². The Balaban J connectivity index is 1.62. The summed E-state index contributed by atoms with van der Waals surface area (Å²) < 4.78 is 173. The van der Waals surface area contributed by atoms with Gasteiger partial charge in [0.05, 0.1) is 21.7 Å². The summed E-state index contributed by atoms with van der Waals surface area (Å²) in [6.45, 7) is 0. The predicted molar refractivity (Wildman–Crippen MR) is 118 cm³/mol. The lowest BCUT2D eigenvalue weighted by Crippen LogP contribution is -2.77. The molecule has 4 unspecified atom stereocenters. The van der Waals surface area contributed by atoms with Gasteiger partial charge in [0.2, 0.25) is 0 Å². The molecule has 8 bridgehead atoms. The molecule has 0 N–H and O–H groups in total. The van der Waals surface area contributed by atoms with Gasteiger partial charge in [-0.3, -0.25) is 0 Å². The third-order valence-corrected chi connectivity index (χ3v) is 13.2. The zero-order chi connectivity index (χ0) is 28.5. The molecular weight excluding hydrogens is 676 g/mol. The second-order valence-electron chi connectivity index (χ2n) is 14.1. The van der Waals surface area contributed by atoms with Gasteiger partial charge in [-0.15, -0.1) is 0 Å². The van der Waals surface area contributed by atoms with Gasteiger partial charge in [-0.2, -0.15) is 52.7 Å². The quantitative estimate of drug-likeness (QED) is 0.189. The van der Waals surface area contributed by atoms with Gasteiger partial charge in [-0.25, -0.2) is 0 Å². The van der Waals surface area contributed by atoms with Gasteiger partial charge in [-0.1, -0.05) is 31.9 Å². The van der Waals surface area contributed by atoms with Gasteiger partial charge in [0.25, 0.3) is 0 Å². The molecule has 14 heteroatoms. The van der Waals surface area contributed by atoms with Crippen LogP contribution in [0.5, 0.6) is 0 Å². The minimum absolute atomic E-state index is 0.305. The number of hydrogen-bond acceptors (Lipinski definition) is 0. The van der Waals surface area contributed by atoms with Crippen LogP contribution in [0.25, 0.3) is 0 Å². The first-order valence-corrected chi connectivity index (χ1v) is 14.0. The zero-order valence-electron chi connectivity index (χ0n) is 19.8. The molecule has 0 saturated heterocycles. The summed E-state index contributed by atoms with van der Waals surface area (Å²) in [6, 6.07) is 0. The van der Waals surface area contributed by atoms with Gasteiger partial charge in [0.1, 0.15) is 0 Å². The Morgan fingerprint density at radius 2 is 0.526 bits per heavy atom. The maximum absolute atomic E-state index is 14.7. The van der Waals surface area contributed by atoms with Crippen molar-refractivity contribution in [1.29, 1.82) is 0 Å². The highest BCUT2D eigenvalue weighted by molar-refractivity contribution is 9.10. The Labute approximate surface area is 227 Å². The highest BCUT2D eigenvalue weighted by Crippen LogP contribution is 2.88. The van der Waals surface area contributed by atoms with Gasteiger partial charge in [0.15, 0.2) is 0 Å². The summed E-state index contributed by atoms with van der Waals surface area (Å²) in [7, 11) is 0. The normalized spacial score (nSPS) is 54.2. The average Bonchev–Trinajstić information content (AvgIpc) is 2.60. The molecule has 0 aromatic rings. The molecule has 0 radical (unpaired) electrons. The molecule has 8 rings (SSSR count). The van der Waals surface area contributed by atoms with Crippen LogP contribution in [0.4, 0.5) is 52.7 Å². The van der Waals surface area contributed by atoms with Crippen LogP contribution in [0.3, 0.4) is 0 Å². The summed E-state index contributed by atoms with van der Waals surface area (Å²) in [6.07, 6.45) is -29.7. The number of rotatable bonds is 1. The topological polar surface area (TPSA) is 0 Å². The van der Waals surface area contributed by atoms with Crippen LogP contribution in [0.15, 0.2) is 0 Å². The van der Waals surface area contributed by atoms with Gasteiger partial charge >= 0.3 is 24.7 Å². The van der Waals surface area contributed by atoms with Crippen LogP contribution in [0, 0.1) is 32.5 Å². The highest BCUT2D eigenvalue weighted by atomic mass is 79.9. The minimum Gasteiger partial charge on any atom is -0.171 e. The fourth-order valence-electron chi connectivity index (χ4n) is 11.4. The van der Waals surface area contributed by atoms with E-state index in [-0.39, 0.29) is 12.8 Å². The number of alkyl halides is 14. The number of halogens is 14. The molecule has 0 aliphatic heterocycles. The highest BCUT2D eigenvalue weighted by Gasteiger charge is 2.87. The smallest absolute Gasteiger partial charge is 0.171 e. The maximum atomic E-state index is 14.7. The van der Waals surface area contributed by atoms with Crippen LogP contribution in [-0.4, -0.2) is 33.4 Å². The summed E-state index contributed by atoms with van der Waals surface area (Å²) in [5.41, 5.74) is -15.4. The van der Waals surface area contributed by atoms with Crippen molar-refractivity contribution in [3.05, 3.63) is 0 Å². The molecule has 38 heavy (non-hydrogen) atoms. The van der Waals surface area contributed by atoms with E-state index in [9.17, 15) is 52.7 Å². The Kier molecular flexibility index (Phi) is 5.09. The minimum atomic E-state index is -5.10. The molecule has 0 spiro atoms. The largest absolute Gasteiger partial charge is 0.394 e. The van der Waals surface area contributed by atoms with Gasteiger partial charge < -0.3 is 0 Å². The predicted octanol–water partition coefficient (Wildman–Crippen LogP) is 10.2. The SMILES string of the molecule is FC(F)(F)C12CC3(Br)CC(C(F)(F)F)(C1)CC(C14CC5(Br)CC(C(F)(F)F)(CC(C(F)(F)F)(C5)C1)C4)(C3)C2. The van der Waals surface area contributed by atoms with Crippen LogP contribution < -0.4 is 0 Å². The molecule has 218 valence electrons. The summed E-state index contributed by atoms with van der Waals surface area (Å²) in [5, 5.41) is 0. The molecule has 0 amide bonds. The molecular formula is C24H24Br2F12. The Morgan fingerprint density at radius 1 is 0.316 bits per heavy atom. The van der Waals surface area contributed by atoms with Crippen LogP contribution in [0.2, 0.25) is 0 Å². The zero-order valence-corrected chi connectivity index (χ0v) is 22.9. The third-order valence-electron chi connectivity index (χ3n) is 11.5. The monoisotopic (exact) mass is 698 g/mol. The Morgan fingerprint density at radius 3 is 0.711 bits per heavy atom. The first-order valence-electron chi connectivity index (χ1n) is 12.4. The first-order chi connectivity index (χ1) is 16.7. The van der Waals surface area contributed by atoms with E-state index in [0.717, 1.165) is 0 Å². The van der Waals surface area contributed by atoms with E-state index in [1.54, 1.807) is 0 Å². The summed E-state index contributed by atoms with van der Waals surface area (Å²) in [4.78, 5) is 0. The molecule has 0 nitrogen and oxygen atoms in total. The van der Waals surface area contributed by atoms with E-state index in [1.165, 1.54) is 0 Å². The third kappa shape index (κ3) is 3.25. The summed E-state index contributed by atoms with van der Waals surface area (Å²) in [5.74, 6) is 0. The van der Waals surface area contributed by atoms with Crippen molar-refractivity contribution in [2.75, 3.05) is 0 Å². The molecule has 0 aromatic heterocycles. The molecule has 8 saturated carbocycles. The van der Waals surface area contributed by atoms with Crippen LogP contribution in [0.1, 0.15) is 77.0 Å². The van der Waals surface area contributed by atoms with Crippen molar-refractivity contribution < 1.29 is 52.7 Å². The second-order valence-corrected chi connectivity index (χ2v) is 17.5. The molecule has 8 fully saturated rings. The van der Waals surface area contributed by atoms with Crippen molar-refractivity contribution in [3.63, 3.8) is 0 Å². The van der Waals surface area contributed by atoms with Gasteiger partial charge in [0, 0.05) is 8.65 Å². The standard InChI is InChI=1S/C24H24Br2F12/c25-19-7-13(1-15(9-19,21(27,28)29)5-16(2-13,10-19)22(30,31)32)14-3-17(23(33,34)35)6-18(4-14,24(36,37)38)12-20(26,8-14)11-17/h1-12H2. The molecule has 8 aliphatic carbocycles. The lowest BCUT2D eigenvalue weighted by atomic mass is 9.27. The fourth-order valence-corrected chi connectivity index (χ4v) is 14.6. The van der Waals surface area contributed by atoms with E-state index in [4.69, 9.17) is 0 Å². The summed E-state index contributed by atoms with van der Waals surface area (Å²) >= 11 is 6.38. The van der Waals surface area contributed by atoms with E-state index >= 15 is 0 Å². The van der Waals surface area contributed by atoms with E-state index < -0.39 is 130 Å². The number of hydrogen-bond donors (Lipinski definition) is 0. The first kappa shape index (κ1) is 28.2. The van der Waals surface area contributed by atoms with Crippen molar-refractivity contribution in [1.82, 2.24) is 0 Å². The van der Waals surface area contributed by atoms with E-state index in [1.807, 2.05) is 0 Å². The average molecular weight is 700 g/mol.